The van der Waals surface area contributed by atoms with Crippen LogP contribution in [0.1, 0.15) is 18.0 Å². The third kappa shape index (κ3) is 4.18. The van der Waals surface area contributed by atoms with Gasteiger partial charge in [-0.05, 0) is 17.7 Å². The lowest BCUT2D eigenvalue weighted by Gasteiger charge is -2.10. The van der Waals surface area contributed by atoms with E-state index in [1.165, 1.54) is 13.2 Å². The quantitative estimate of drug-likeness (QED) is 0.771. The predicted molar refractivity (Wildman–Crippen MR) is 58.9 cm³/mol. The number of hydrogen-bond acceptors (Lipinski definition) is 4. The summed E-state index contributed by atoms with van der Waals surface area (Å²) >= 11 is 0. The molecule has 0 aliphatic carbocycles. The molecule has 0 radical (unpaired) electrons. The molecule has 15 heavy (non-hydrogen) atoms. The molecule has 84 valence electrons. The Morgan fingerprint density at radius 3 is 2.80 bits per heavy atom. The first kappa shape index (κ1) is 13.7. The van der Waals surface area contributed by atoms with E-state index in [1.54, 1.807) is 18.2 Å². The highest BCUT2D eigenvalue weighted by atomic mass is 35.5. The molecule has 5 heteroatoms. The molecule has 0 saturated carbocycles. The number of phenolic OH excluding ortho intramolecular Hbond substituents is 1. The molecular formula is C10H14ClNO3. The molecule has 0 unspecified atom stereocenters. The summed E-state index contributed by atoms with van der Waals surface area (Å²) in [5, 5.41) is 9.18. The number of benzene rings is 1. The molecule has 3 N–H and O–H groups in total. The lowest BCUT2D eigenvalue weighted by Crippen LogP contribution is -2.16. The van der Waals surface area contributed by atoms with Crippen LogP contribution in [0.15, 0.2) is 24.3 Å². The second kappa shape index (κ2) is 6.27. The molecule has 0 amide bonds. The summed E-state index contributed by atoms with van der Waals surface area (Å²) in [7, 11) is 1.32. The van der Waals surface area contributed by atoms with Crippen LogP contribution in [0.4, 0.5) is 0 Å². The second-order valence-electron chi connectivity index (χ2n) is 2.98. The third-order valence-electron chi connectivity index (χ3n) is 1.91. The van der Waals surface area contributed by atoms with Crippen LogP contribution in [-0.2, 0) is 9.53 Å². The number of esters is 1. The van der Waals surface area contributed by atoms with E-state index in [9.17, 15) is 9.90 Å². The van der Waals surface area contributed by atoms with Crippen LogP contribution in [0.2, 0.25) is 0 Å². The van der Waals surface area contributed by atoms with E-state index in [0.29, 0.717) is 0 Å². The van der Waals surface area contributed by atoms with Crippen molar-refractivity contribution in [3.8, 4) is 5.75 Å². The number of nitrogens with two attached hydrogens (primary N) is 1. The monoisotopic (exact) mass is 231 g/mol. The van der Waals surface area contributed by atoms with Crippen LogP contribution >= 0.6 is 12.4 Å². The standard InChI is InChI=1S/C10H13NO3.ClH/c1-14-10(13)6-9(11)7-3-2-4-8(12)5-7;/h2-5,9,12H,6,11H2,1H3;1H/t9-;/m0./s1. The molecule has 1 aromatic rings. The van der Waals surface area contributed by atoms with Crippen molar-refractivity contribution in [2.75, 3.05) is 7.11 Å². The minimum Gasteiger partial charge on any atom is -0.508 e. The van der Waals surface area contributed by atoms with E-state index in [4.69, 9.17) is 5.73 Å². The molecule has 1 aromatic carbocycles. The van der Waals surface area contributed by atoms with Crippen LogP contribution in [0.3, 0.4) is 0 Å². The van der Waals surface area contributed by atoms with Crippen molar-refractivity contribution in [2.24, 2.45) is 5.73 Å². The van der Waals surface area contributed by atoms with Gasteiger partial charge in [0, 0.05) is 6.04 Å². The molecule has 0 aliphatic heterocycles. The fourth-order valence-corrected chi connectivity index (χ4v) is 1.14. The summed E-state index contributed by atoms with van der Waals surface area (Å²) in [5.74, 6) is -0.219. The molecule has 1 rings (SSSR count). The molecule has 4 nitrogen and oxygen atoms in total. The number of methoxy groups -OCH3 is 1. The number of aromatic hydroxyl groups is 1. The first-order valence-electron chi connectivity index (χ1n) is 4.25. The van der Waals surface area contributed by atoms with E-state index in [0.717, 1.165) is 5.56 Å². The molecule has 0 bridgehead atoms. The van der Waals surface area contributed by atoms with Gasteiger partial charge < -0.3 is 15.6 Å². The average molecular weight is 232 g/mol. The summed E-state index contributed by atoms with van der Waals surface area (Å²) in [6, 6.07) is 6.09. The van der Waals surface area contributed by atoms with Crippen LogP contribution in [0, 0.1) is 0 Å². The Morgan fingerprint density at radius 2 is 2.27 bits per heavy atom. The zero-order valence-corrected chi connectivity index (χ0v) is 9.16. The van der Waals surface area contributed by atoms with Gasteiger partial charge in [0.1, 0.15) is 5.75 Å². The fraction of sp³-hybridized carbons (Fsp3) is 0.300. The van der Waals surface area contributed by atoms with Crippen LogP contribution in [-0.4, -0.2) is 18.2 Å². The number of carbonyl (C=O) groups is 1. The van der Waals surface area contributed by atoms with Crippen molar-refractivity contribution in [1.29, 1.82) is 0 Å². The highest BCUT2D eigenvalue weighted by molar-refractivity contribution is 5.85. The highest BCUT2D eigenvalue weighted by Crippen LogP contribution is 2.18. The average Bonchev–Trinajstić information content (AvgIpc) is 2.17. The topological polar surface area (TPSA) is 72.5 Å². The van der Waals surface area contributed by atoms with E-state index >= 15 is 0 Å². The van der Waals surface area contributed by atoms with Gasteiger partial charge >= 0.3 is 5.97 Å². The number of carbonyl (C=O) groups excluding carboxylic acids is 1. The Labute approximate surface area is 94.5 Å². The van der Waals surface area contributed by atoms with Gasteiger partial charge in [-0.3, -0.25) is 4.79 Å². The summed E-state index contributed by atoms with van der Waals surface area (Å²) in [6.07, 6.45) is 0.111. The van der Waals surface area contributed by atoms with Crippen LogP contribution in [0.25, 0.3) is 0 Å². The first-order valence-corrected chi connectivity index (χ1v) is 4.25. The van der Waals surface area contributed by atoms with Crippen molar-refractivity contribution < 1.29 is 14.6 Å². The van der Waals surface area contributed by atoms with Crippen molar-refractivity contribution in [2.45, 2.75) is 12.5 Å². The molecule has 0 saturated heterocycles. The molecule has 0 spiro atoms. The lowest BCUT2D eigenvalue weighted by molar-refractivity contribution is -0.141. The largest absolute Gasteiger partial charge is 0.508 e. The summed E-state index contributed by atoms with van der Waals surface area (Å²) < 4.78 is 4.49. The van der Waals surface area contributed by atoms with E-state index in [1.807, 2.05) is 0 Å². The van der Waals surface area contributed by atoms with E-state index in [2.05, 4.69) is 4.74 Å². The molecule has 0 aromatic heterocycles. The van der Waals surface area contributed by atoms with Gasteiger partial charge in [0.25, 0.3) is 0 Å². The highest BCUT2D eigenvalue weighted by Gasteiger charge is 2.11. The second-order valence-corrected chi connectivity index (χ2v) is 2.98. The molecule has 0 aliphatic rings. The van der Waals surface area contributed by atoms with E-state index < -0.39 is 6.04 Å². The van der Waals surface area contributed by atoms with Crippen molar-refractivity contribution in [3.63, 3.8) is 0 Å². The summed E-state index contributed by atoms with van der Waals surface area (Å²) in [5.41, 5.74) is 6.45. The maximum Gasteiger partial charge on any atom is 0.307 e. The van der Waals surface area contributed by atoms with Gasteiger partial charge in [0.15, 0.2) is 0 Å². The molecular weight excluding hydrogens is 218 g/mol. The number of ether oxygens (including phenoxy) is 1. The number of rotatable bonds is 3. The Hall–Kier alpha value is -1.26. The minimum atomic E-state index is -0.436. The predicted octanol–water partition coefficient (Wildman–Crippen LogP) is 1.38. The zero-order chi connectivity index (χ0) is 10.6. The first-order chi connectivity index (χ1) is 6.63. The van der Waals surface area contributed by atoms with Crippen molar-refractivity contribution in [3.05, 3.63) is 29.8 Å². The normalized spacial score (nSPS) is 11.3. The zero-order valence-electron chi connectivity index (χ0n) is 8.34. The van der Waals surface area contributed by atoms with Gasteiger partial charge in [0.05, 0.1) is 13.5 Å². The van der Waals surface area contributed by atoms with Crippen molar-refractivity contribution >= 4 is 18.4 Å². The maximum atomic E-state index is 10.9. The number of hydrogen-bond donors (Lipinski definition) is 2. The van der Waals surface area contributed by atoms with Gasteiger partial charge in [0.2, 0.25) is 0 Å². The maximum absolute atomic E-state index is 10.9. The van der Waals surface area contributed by atoms with Crippen LogP contribution < -0.4 is 5.73 Å². The Bertz CT molecular complexity index is 330. The van der Waals surface area contributed by atoms with Gasteiger partial charge in [-0.15, -0.1) is 12.4 Å². The van der Waals surface area contributed by atoms with Gasteiger partial charge in [-0.2, -0.15) is 0 Å². The minimum absolute atomic E-state index is 0. The van der Waals surface area contributed by atoms with Gasteiger partial charge in [-0.25, -0.2) is 0 Å². The summed E-state index contributed by atoms with van der Waals surface area (Å²) in [4.78, 5) is 10.9. The smallest absolute Gasteiger partial charge is 0.307 e. The Balaban J connectivity index is 0.00000196. The summed E-state index contributed by atoms with van der Waals surface area (Å²) in [6.45, 7) is 0. The number of phenols is 1. The lowest BCUT2D eigenvalue weighted by atomic mass is 10.0. The molecule has 1 atom stereocenters. The van der Waals surface area contributed by atoms with Crippen molar-refractivity contribution in [1.82, 2.24) is 0 Å². The number of halogens is 1. The fourth-order valence-electron chi connectivity index (χ4n) is 1.14. The molecule has 0 fully saturated rings. The SMILES string of the molecule is COC(=O)C[C@H](N)c1cccc(O)c1.Cl. The Kier molecular flexibility index (Phi) is 5.74. The van der Waals surface area contributed by atoms with Crippen LogP contribution in [0.5, 0.6) is 5.75 Å². The molecule has 0 heterocycles. The third-order valence-corrected chi connectivity index (χ3v) is 1.91. The van der Waals surface area contributed by atoms with E-state index in [-0.39, 0.29) is 30.5 Å². The Morgan fingerprint density at radius 1 is 1.60 bits per heavy atom. The van der Waals surface area contributed by atoms with Gasteiger partial charge in [-0.1, -0.05) is 12.1 Å².